The number of aromatic amines is 1. The van der Waals surface area contributed by atoms with Crippen LogP contribution in [0, 0.1) is 48.5 Å². The number of carbonyl (C=O) groups excluding carboxylic acids is 8. The number of halogens is 1. The van der Waals surface area contributed by atoms with Gasteiger partial charge in [-0.05, 0) is 126 Å². The second kappa shape index (κ2) is 32.8. The summed E-state index contributed by atoms with van der Waals surface area (Å²) < 4.78 is 13.4. The molecule has 25 nitrogen and oxygen atoms in total. The third-order valence-electron chi connectivity index (χ3n) is 9.93. The van der Waals surface area contributed by atoms with Gasteiger partial charge < -0.3 is 25.4 Å². The normalized spacial score (nSPS) is 9.98. The van der Waals surface area contributed by atoms with Crippen LogP contribution in [0.4, 0.5) is 5.95 Å². The Balaban J connectivity index is 0.000000337. The lowest BCUT2D eigenvalue weighted by molar-refractivity contribution is -0.137. The molecule has 5 heterocycles. The maximum Gasteiger partial charge on any atom is 0.343 e. The van der Waals surface area contributed by atoms with Gasteiger partial charge in [0, 0.05) is 0 Å². The number of nitrogen functional groups attached to an aromatic ring is 1. The molecule has 5 N–H and O–H groups in total. The number of ketones is 6. The van der Waals surface area contributed by atoms with Crippen molar-refractivity contribution in [1.29, 1.82) is 0 Å². The Kier molecular flexibility index (Phi) is 27.3. The number of alkyl halides is 1. The van der Waals surface area contributed by atoms with E-state index < -0.39 is 41.0 Å². The average Bonchev–Trinajstić information content (AvgIpc) is 4.19. The minimum absolute atomic E-state index is 0.0625. The van der Waals surface area contributed by atoms with Gasteiger partial charge >= 0.3 is 17.9 Å². The number of aromatic nitrogens is 11. The zero-order chi connectivity index (χ0) is 61.3. The number of rotatable bonds is 11. The van der Waals surface area contributed by atoms with Gasteiger partial charge in [-0.3, -0.25) is 33.9 Å². The number of carboxylic acids is 1. The number of carbonyl (C=O) groups is 9. The summed E-state index contributed by atoms with van der Waals surface area (Å²) in [6.07, 6.45) is -1.22. The highest BCUT2D eigenvalue weighted by molar-refractivity contribution is 6.41. The molecule has 0 saturated heterocycles. The zero-order valence-electron chi connectivity index (χ0n) is 46.8. The number of Topliss-reactive ketones (excluding diaryl/α,β-unsaturated/α-hetero) is 6. The SMILES string of the molecule is CC(=O)C(Cl)C(C)=O.CC(=O)C(OC(=O)c1ccccc1)C(C)=O.CC(=O)CC(C)=O.Cc1nc(N)n[nH]1.Cc1nc2nc(C)c(O)c(C)n2n1.Cc1nc2nc(C)c(OC(=O)c3ccccc3)c(C)n2n1.O=C(O)c1ccccc1. The number of anilines is 1. The second-order valence-electron chi connectivity index (χ2n) is 17.2. The van der Waals surface area contributed by atoms with Gasteiger partial charge in [0.2, 0.25) is 12.1 Å². The van der Waals surface area contributed by atoms with Crippen LogP contribution in [0.15, 0.2) is 91.0 Å². The number of aromatic hydroxyl groups is 1. The number of fused-ring (bicyclic) bond motifs is 2. The summed E-state index contributed by atoms with van der Waals surface area (Å²) in [5.41, 5.74) is 8.82. The molecule has 0 aliphatic carbocycles. The zero-order valence-corrected chi connectivity index (χ0v) is 47.6. The van der Waals surface area contributed by atoms with Gasteiger partial charge in [0.25, 0.3) is 11.6 Å². The van der Waals surface area contributed by atoms with Crippen molar-refractivity contribution in [3.8, 4) is 11.5 Å². The Morgan fingerprint density at radius 2 is 0.975 bits per heavy atom. The first kappa shape index (κ1) is 67.3. The van der Waals surface area contributed by atoms with Crippen molar-refractivity contribution in [2.24, 2.45) is 0 Å². The molecule has 0 saturated carbocycles. The molecule has 0 atom stereocenters. The van der Waals surface area contributed by atoms with E-state index >= 15 is 0 Å². The van der Waals surface area contributed by atoms with Crippen molar-refractivity contribution in [2.45, 2.75) is 108 Å². The predicted molar refractivity (Wildman–Crippen MR) is 296 cm³/mol. The van der Waals surface area contributed by atoms with Crippen LogP contribution >= 0.6 is 11.6 Å². The molecule has 0 radical (unpaired) electrons. The molecule has 3 aromatic carbocycles. The summed E-state index contributed by atoms with van der Waals surface area (Å²) in [7, 11) is 0. The number of aromatic carboxylic acids is 1. The van der Waals surface area contributed by atoms with Crippen molar-refractivity contribution < 1.29 is 62.8 Å². The van der Waals surface area contributed by atoms with Crippen LogP contribution < -0.4 is 10.5 Å². The standard InChI is InChI=1S/C15H14N4O2.C12H12O4.C8H10N4O.C7H6O2.C5H7ClO2.C5H8O2.C3H6N4/c1-9-13(21-14(20)12-7-5-4-6-8-12)10(2)19-15(16-9)17-11(3)18-19;1-8(13)11(9(2)14)16-12(15)10-6-4-3-5-7-10;1-4-7(13)5(2)12-8(9-4)10-6(3)11-12;8-7(9)6-4-2-1-3-5-6;1-3(7)5(6)4(2)8;1-4(6)3-5(2)7;1-2-5-3(4)7-6-2/h4-8H,1-3H3;3-7,11H,1-2H3;13H,1-3H3;1-5H,(H,8,9);5H,1-2H3;3H2,1-2H3;1H3,(H3,4,5,6,7). The van der Waals surface area contributed by atoms with Crippen LogP contribution in [0.3, 0.4) is 0 Å². The fourth-order valence-electron chi connectivity index (χ4n) is 6.18. The molecule has 428 valence electrons. The number of nitrogens with zero attached hydrogens (tertiary/aromatic N) is 10. The minimum atomic E-state index is -1.30. The Labute approximate surface area is 470 Å². The lowest BCUT2D eigenvalue weighted by atomic mass is 10.2. The lowest BCUT2D eigenvalue weighted by Gasteiger charge is -2.11. The van der Waals surface area contributed by atoms with Gasteiger partial charge in [0.1, 0.15) is 34.4 Å². The topological polar surface area (TPSA) is 366 Å². The molecule has 0 spiro atoms. The van der Waals surface area contributed by atoms with Crippen LogP contribution in [-0.4, -0.2) is 129 Å². The van der Waals surface area contributed by atoms with Gasteiger partial charge in [0.15, 0.2) is 34.6 Å². The number of nitrogens with two attached hydrogens (primary N) is 1. The number of benzene rings is 3. The summed E-state index contributed by atoms with van der Waals surface area (Å²) in [5, 5.41) is 31.5. The molecule has 0 bridgehead atoms. The van der Waals surface area contributed by atoms with Crippen LogP contribution in [0.5, 0.6) is 11.5 Å². The quantitative estimate of drug-likeness (QED) is 0.0586. The van der Waals surface area contributed by atoms with Crippen molar-refractivity contribution in [1.82, 2.24) is 54.3 Å². The number of ether oxygens (including phenoxy) is 2. The second-order valence-corrected chi connectivity index (χ2v) is 17.7. The fourth-order valence-corrected chi connectivity index (χ4v) is 6.18. The maximum atomic E-state index is 12.2. The summed E-state index contributed by atoms with van der Waals surface area (Å²) in [6.45, 7) is 20.3. The van der Waals surface area contributed by atoms with Gasteiger partial charge in [-0.2, -0.15) is 24.0 Å². The molecule has 0 unspecified atom stereocenters. The summed E-state index contributed by atoms with van der Waals surface area (Å²) in [5.74, 6) is 0.330. The molecule has 0 fully saturated rings. The highest BCUT2D eigenvalue weighted by Gasteiger charge is 2.24. The lowest BCUT2D eigenvalue weighted by Crippen LogP contribution is -2.31. The van der Waals surface area contributed by atoms with Gasteiger partial charge in [-0.1, -0.05) is 54.6 Å². The van der Waals surface area contributed by atoms with Crippen LogP contribution in [-0.2, 0) is 33.5 Å². The summed E-state index contributed by atoms with van der Waals surface area (Å²) in [6, 6.07) is 25.3. The van der Waals surface area contributed by atoms with E-state index in [9.17, 15) is 48.3 Å². The maximum absolute atomic E-state index is 12.2. The Bertz CT molecular complexity index is 3420. The number of esters is 2. The number of hydrogen-bond acceptors (Lipinski definition) is 21. The first-order valence-electron chi connectivity index (χ1n) is 24.2. The molecule has 26 heteroatoms. The minimum Gasteiger partial charge on any atom is -0.504 e. The van der Waals surface area contributed by atoms with Crippen molar-refractivity contribution in [3.63, 3.8) is 0 Å². The van der Waals surface area contributed by atoms with Crippen molar-refractivity contribution in [2.75, 3.05) is 5.73 Å². The van der Waals surface area contributed by atoms with Crippen molar-refractivity contribution in [3.05, 3.63) is 148 Å². The molecule has 81 heavy (non-hydrogen) atoms. The number of carboxylic acid groups (broad SMARTS) is 1. The van der Waals surface area contributed by atoms with E-state index in [0.29, 0.717) is 74.4 Å². The Morgan fingerprint density at radius 3 is 1.30 bits per heavy atom. The average molecular weight is 1140 g/mol. The number of aryl methyl sites for hydroxylation is 7. The number of nitrogens with one attached hydrogen (secondary N) is 1. The van der Waals surface area contributed by atoms with Crippen LogP contribution in [0.1, 0.15) is 119 Å². The molecular formula is C55H63ClN12O13. The highest BCUT2D eigenvalue weighted by Crippen LogP contribution is 2.23. The van der Waals surface area contributed by atoms with Gasteiger partial charge in [0.05, 0.1) is 45.9 Å². The van der Waals surface area contributed by atoms with E-state index in [1.54, 1.807) is 131 Å². The molecule has 8 rings (SSSR count). The summed E-state index contributed by atoms with van der Waals surface area (Å²) >= 11 is 5.25. The largest absolute Gasteiger partial charge is 0.504 e. The van der Waals surface area contributed by atoms with Gasteiger partial charge in [-0.15, -0.1) is 26.9 Å². The summed E-state index contributed by atoms with van der Waals surface area (Å²) in [4.78, 5) is 117. The molecule has 0 aliphatic heterocycles. The van der Waals surface area contributed by atoms with Crippen LogP contribution in [0.2, 0.25) is 0 Å². The third kappa shape index (κ3) is 23.0. The molecule has 0 aliphatic rings. The Hall–Kier alpha value is -9.78. The first-order chi connectivity index (χ1) is 37.9. The van der Waals surface area contributed by atoms with Crippen molar-refractivity contribution >= 4 is 81.7 Å². The van der Waals surface area contributed by atoms with E-state index in [-0.39, 0.29) is 35.3 Å². The first-order valence-corrected chi connectivity index (χ1v) is 24.6. The van der Waals surface area contributed by atoms with E-state index in [4.69, 9.17) is 31.9 Å². The van der Waals surface area contributed by atoms with E-state index in [0.717, 1.165) is 5.82 Å². The molecule has 0 amide bonds. The number of H-pyrrole nitrogens is 1. The van der Waals surface area contributed by atoms with E-state index in [1.165, 1.54) is 46.1 Å². The highest BCUT2D eigenvalue weighted by atomic mass is 35.5. The Morgan fingerprint density at radius 1 is 0.568 bits per heavy atom. The molecule has 8 aromatic rings. The van der Waals surface area contributed by atoms with E-state index in [2.05, 4.69) is 45.3 Å². The predicted octanol–water partition coefficient (Wildman–Crippen LogP) is 6.82. The molecule has 5 aromatic heterocycles. The third-order valence-corrected chi connectivity index (χ3v) is 10.5. The number of hydrogen-bond donors (Lipinski definition) is 4. The van der Waals surface area contributed by atoms with E-state index in [1.807, 2.05) is 13.0 Å². The smallest absolute Gasteiger partial charge is 0.343 e. The monoisotopic (exact) mass is 1130 g/mol. The van der Waals surface area contributed by atoms with Crippen LogP contribution in [0.25, 0.3) is 11.6 Å². The van der Waals surface area contributed by atoms with Gasteiger partial charge in [-0.25, -0.2) is 24.4 Å². The fraction of sp³-hybridized carbons (Fsp3) is 0.291. The molecular weight excluding hydrogens is 1070 g/mol.